The smallest absolute Gasteiger partial charge is 0.306 e. The highest BCUT2D eigenvalue weighted by Crippen LogP contribution is 2.18. The molecule has 0 aromatic rings. The molecule has 0 aliphatic carbocycles. The average Bonchev–Trinajstić information content (AvgIpc) is 3.22. The molecule has 0 fully saturated rings. The molecule has 0 saturated carbocycles. The molecule has 0 aromatic carbocycles. The van der Waals surface area contributed by atoms with Gasteiger partial charge in [0.2, 0.25) is 5.91 Å². The minimum absolute atomic E-state index is 0.0793. The van der Waals surface area contributed by atoms with E-state index in [2.05, 4.69) is 50.4 Å². The number of amides is 1. The quantitative estimate of drug-likeness (QED) is 0.0323. The number of unbranched alkanes of at least 4 members (excludes halogenated alkanes) is 30. The summed E-state index contributed by atoms with van der Waals surface area (Å²) in [5.74, 6) is -0.472. The third kappa shape index (κ3) is 41.1. The van der Waals surface area contributed by atoms with Gasteiger partial charge in [-0.15, -0.1) is 0 Å². The molecule has 3 unspecified atom stereocenters. The Morgan fingerprint density at radius 3 is 1.40 bits per heavy atom. The van der Waals surface area contributed by atoms with Crippen molar-refractivity contribution >= 4 is 11.9 Å². The molecule has 342 valence electrons. The Morgan fingerprint density at radius 2 is 0.931 bits per heavy atom. The van der Waals surface area contributed by atoms with Crippen LogP contribution in [0.15, 0.2) is 24.3 Å². The number of carbonyl (C=O) groups excluding carboxylic acids is 2. The summed E-state index contributed by atoms with van der Waals surface area (Å²) in [6.07, 6.45) is 52.4. The van der Waals surface area contributed by atoms with Gasteiger partial charge in [-0.2, -0.15) is 0 Å². The van der Waals surface area contributed by atoms with Crippen molar-refractivity contribution in [2.45, 2.75) is 289 Å². The van der Waals surface area contributed by atoms with Crippen molar-refractivity contribution in [1.29, 1.82) is 0 Å². The lowest BCUT2D eigenvalue weighted by molar-refractivity contribution is -0.151. The van der Waals surface area contributed by atoms with E-state index in [1.54, 1.807) is 0 Å². The monoisotopic (exact) mass is 818 g/mol. The van der Waals surface area contributed by atoms with Crippen LogP contribution in [0.5, 0.6) is 0 Å². The standard InChI is InChI=1S/C52H99NO5/c1-4-7-10-13-16-19-22-24-26-27-29-32-35-38-41-44-50(55)49(47-54)53-51(56)46-48(43-40-37-34-31-21-18-15-12-9-6-3)58-52(57)45-42-39-36-33-30-28-25-23-20-17-14-11-8-5-2/h8,11,17,20,48-50,54-55H,4-7,9-10,12-16,18-19,21-47H2,1-3H3,(H,53,56)/b11-8+,20-17+. The fraction of sp³-hybridized carbons (Fsp3) is 0.885. The average molecular weight is 818 g/mol. The molecule has 3 N–H and O–H groups in total. The summed E-state index contributed by atoms with van der Waals surface area (Å²) in [6.45, 7) is 6.39. The van der Waals surface area contributed by atoms with Crippen LogP contribution >= 0.6 is 0 Å². The summed E-state index contributed by atoms with van der Waals surface area (Å²) < 4.78 is 5.92. The number of hydrogen-bond donors (Lipinski definition) is 3. The fourth-order valence-corrected chi connectivity index (χ4v) is 7.94. The lowest BCUT2D eigenvalue weighted by Gasteiger charge is -2.24. The lowest BCUT2D eigenvalue weighted by Crippen LogP contribution is -2.46. The summed E-state index contributed by atoms with van der Waals surface area (Å²) in [6, 6.07) is -0.697. The van der Waals surface area contributed by atoms with Crippen molar-refractivity contribution in [1.82, 2.24) is 5.32 Å². The molecule has 0 rings (SSSR count). The normalized spacial score (nSPS) is 13.4. The van der Waals surface area contributed by atoms with Crippen LogP contribution < -0.4 is 5.32 Å². The topological polar surface area (TPSA) is 95.9 Å². The number of nitrogens with one attached hydrogen (secondary N) is 1. The van der Waals surface area contributed by atoms with Gasteiger partial charge in [-0.3, -0.25) is 9.59 Å². The largest absolute Gasteiger partial charge is 0.462 e. The maximum absolute atomic E-state index is 13.2. The SMILES string of the molecule is CC/C=C/C/C=C/CCCCCCCCCC(=O)OC(CCCCCCCCCCCC)CC(=O)NC(CO)C(O)CCCCCCCCCCCCCCCCC. The number of carbonyl (C=O) groups is 2. The molecule has 0 radical (unpaired) electrons. The molecule has 0 aliphatic rings. The summed E-state index contributed by atoms with van der Waals surface area (Å²) in [5, 5.41) is 23.8. The molecular weight excluding hydrogens is 719 g/mol. The van der Waals surface area contributed by atoms with Crippen molar-refractivity contribution in [3.05, 3.63) is 24.3 Å². The number of rotatable bonds is 46. The second-order valence-corrected chi connectivity index (χ2v) is 17.5. The molecule has 0 heterocycles. The van der Waals surface area contributed by atoms with E-state index in [-0.39, 0.29) is 24.9 Å². The van der Waals surface area contributed by atoms with E-state index in [9.17, 15) is 19.8 Å². The predicted molar refractivity (Wildman–Crippen MR) is 250 cm³/mol. The van der Waals surface area contributed by atoms with E-state index in [1.165, 1.54) is 161 Å². The summed E-state index contributed by atoms with van der Waals surface area (Å²) in [7, 11) is 0. The van der Waals surface area contributed by atoms with Crippen LogP contribution in [-0.2, 0) is 14.3 Å². The Kier molecular flexibility index (Phi) is 45.1. The molecule has 0 saturated heterocycles. The van der Waals surface area contributed by atoms with Crippen LogP contribution in [0.3, 0.4) is 0 Å². The number of aliphatic hydroxyl groups is 2. The Bertz CT molecular complexity index is 919. The van der Waals surface area contributed by atoms with Crippen LogP contribution in [0.25, 0.3) is 0 Å². The minimum Gasteiger partial charge on any atom is -0.462 e. The molecule has 6 heteroatoms. The van der Waals surface area contributed by atoms with E-state index in [0.717, 1.165) is 64.2 Å². The second-order valence-electron chi connectivity index (χ2n) is 17.5. The van der Waals surface area contributed by atoms with Crippen LogP contribution in [-0.4, -0.2) is 46.9 Å². The van der Waals surface area contributed by atoms with Gasteiger partial charge < -0.3 is 20.3 Å². The zero-order valence-electron chi connectivity index (χ0n) is 38.9. The molecule has 0 aliphatic heterocycles. The number of hydrogen-bond acceptors (Lipinski definition) is 5. The summed E-state index contributed by atoms with van der Waals surface area (Å²) in [4.78, 5) is 26.1. The second kappa shape index (κ2) is 46.4. The van der Waals surface area contributed by atoms with Crippen molar-refractivity contribution < 1.29 is 24.5 Å². The Balaban J connectivity index is 4.47. The molecule has 3 atom stereocenters. The van der Waals surface area contributed by atoms with Gasteiger partial charge in [-0.25, -0.2) is 0 Å². The summed E-state index contributed by atoms with van der Waals surface area (Å²) >= 11 is 0. The Morgan fingerprint density at radius 1 is 0.517 bits per heavy atom. The lowest BCUT2D eigenvalue weighted by atomic mass is 10.0. The van der Waals surface area contributed by atoms with Gasteiger partial charge in [0.05, 0.1) is 25.2 Å². The number of ether oxygens (including phenoxy) is 1. The number of allylic oxidation sites excluding steroid dienone is 4. The zero-order valence-corrected chi connectivity index (χ0v) is 38.9. The van der Waals surface area contributed by atoms with Gasteiger partial charge in [-0.05, 0) is 51.4 Å². The van der Waals surface area contributed by atoms with Gasteiger partial charge >= 0.3 is 5.97 Å². The van der Waals surface area contributed by atoms with Gasteiger partial charge in [0.15, 0.2) is 0 Å². The first-order valence-corrected chi connectivity index (χ1v) is 25.6. The predicted octanol–water partition coefficient (Wildman–Crippen LogP) is 15.1. The third-order valence-electron chi connectivity index (χ3n) is 11.8. The highest BCUT2D eigenvalue weighted by Gasteiger charge is 2.24. The first-order valence-electron chi connectivity index (χ1n) is 25.6. The Labute approximate surface area is 361 Å². The minimum atomic E-state index is -0.784. The Hall–Kier alpha value is -1.66. The number of aliphatic hydroxyl groups excluding tert-OH is 2. The van der Waals surface area contributed by atoms with Gasteiger partial charge in [0.1, 0.15) is 6.10 Å². The van der Waals surface area contributed by atoms with Crippen molar-refractivity contribution in [2.75, 3.05) is 6.61 Å². The maximum Gasteiger partial charge on any atom is 0.306 e. The third-order valence-corrected chi connectivity index (χ3v) is 11.8. The van der Waals surface area contributed by atoms with Gasteiger partial charge in [-0.1, -0.05) is 231 Å². The summed E-state index contributed by atoms with van der Waals surface area (Å²) in [5.41, 5.74) is 0. The first-order chi connectivity index (χ1) is 28.5. The van der Waals surface area contributed by atoms with Crippen molar-refractivity contribution in [3.63, 3.8) is 0 Å². The van der Waals surface area contributed by atoms with Gasteiger partial charge in [0, 0.05) is 6.42 Å². The van der Waals surface area contributed by atoms with E-state index >= 15 is 0 Å². The zero-order chi connectivity index (χ0) is 42.4. The fourth-order valence-electron chi connectivity index (χ4n) is 7.94. The highest BCUT2D eigenvalue weighted by molar-refractivity contribution is 5.77. The molecule has 58 heavy (non-hydrogen) atoms. The maximum atomic E-state index is 13.2. The molecular formula is C52H99NO5. The van der Waals surface area contributed by atoms with E-state index in [4.69, 9.17) is 4.74 Å². The van der Waals surface area contributed by atoms with Crippen LogP contribution in [0, 0.1) is 0 Å². The van der Waals surface area contributed by atoms with E-state index < -0.39 is 18.2 Å². The van der Waals surface area contributed by atoms with Gasteiger partial charge in [0.25, 0.3) is 0 Å². The van der Waals surface area contributed by atoms with Crippen LogP contribution in [0.2, 0.25) is 0 Å². The molecule has 6 nitrogen and oxygen atoms in total. The molecule has 0 aromatic heterocycles. The highest BCUT2D eigenvalue weighted by atomic mass is 16.5. The number of esters is 1. The van der Waals surface area contributed by atoms with Crippen molar-refractivity contribution in [3.8, 4) is 0 Å². The van der Waals surface area contributed by atoms with E-state index in [0.29, 0.717) is 19.3 Å². The molecule has 1 amide bonds. The first kappa shape index (κ1) is 56.3. The molecule has 0 bridgehead atoms. The van der Waals surface area contributed by atoms with Crippen LogP contribution in [0.4, 0.5) is 0 Å². The van der Waals surface area contributed by atoms with E-state index in [1.807, 2.05) is 0 Å². The van der Waals surface area contributed by atoms with Crippen LogP contribution in [0.1, 0.15) is 271 Å². The molecule has 0 spiro atoms. The van der Waals surface area contributed by atoms with Crippen molar-refractivity contribution in [2.24, 2.45) is 0 Å².